The number of aliphatic hydroxyl groups excluding tert-OH is 1. The number of nitrogens with zero attached hydrogens (tertiary/aromatic N) is 1. The molecule has 0 aliphatic carbocycles. The number of benzene rings is 1. The van der Waals surface area contributed by atoms with Crippen molar-refractivity contribution in [2.75, 3.05) is 19.6 Å². The van der Waals surface area contributed by atoms with Gasteiger partial charge in [0, 0.05) is 13.0 Å². The molecule has 1 aromatic carbocycles. The van der Waals surface area contributed by atoms with Gasteiger partial charge in [-0.05, 0) is 62.0 Å². The third-order valence-electron chi connectivity index (χ3n) is 4.22. The molecule has 5 heteroatoms. The van der Waals surface area contributed by atoms with E-state index in [1.807, 2.05) is 0 Å². The smallest absolute Gasteiger partial charge is 0.217 e. The number of carbonyl (C=O) groups excluding carboxylic acids is 1. The molecule has 3 N–H and O–H groups in total. The van der Waals surface area contributed by atoms with Crippen molar-refractivity contribution in [3.8, 4) is 0 Å². The van der Waals surface area contributed by atoms with Crippen LogP contribution in [0.25, 0.3) is 0 Å². The first-order valence-corrected chi connectivity index (χ1v) is 7.40. The van der Waals surface area contributed by atoms with Gasteiger partial charge in [0.1, 0.15) is 5.82 Å². The maximum atomic E-state index is 13.1. The summed E-state index contributed by atoms with van der Waals surface area (Å²) in [6, 6.07) is 4.47. The van der Waals surface area contributed by atoms with Crippen LogP contribution in [0.4, 0.5) is 4.39 Å². The Kier molecular flexibility index (Phi) is 5.31. The molecule has 1 unspecified atom stereocenters. The monoisotopic (exact) mass is 294 g/mol. The molecule has 1 aromatic rings. The molecule has 0 radical (unpaired) electrons. The number of carbonyl (C=O) groups is 1. The van der Waals surface area contributed by atoms with E-state index in [4.69, 9.17) is 5.73 Å². The van der Waals surface area contributed by atoms with Crippen LogP contribution in [-0.2, 0) is 4.79 Å². The summed E-state index contributed by atoms with van der Waals surface area (Å²) in [7, 11) is 0. The molecule has 2 rings (SSSR count). The number of β-amino-alcohol motifs (C(OH)–C–C–N with tert-alkyl or cyclic N) is 1. The van der Waals surface area contributed by atoms with Gasteiger partial charge in [0.05, 0.1) is 6.10 Å². The summed E-state index contributed by atoms with van der Waals surface area (Å²) >= 11 is 0. The number of piperidine rings is 1. The Bertz CT molecular complexity index is 499. The van der Waals surface area contributed by atoms with E-state index in [1.165, 1.54) is 12.1 Å². The second-order valence-corrected chi connectivity index (χ2v) is 5.93. The molecule has 1 saturated heterocycles. The van der Waals surface area contributed by atoms with Gasteiger partial charge in [-0.2, -0.15) is 0 Å². The lowest BCUT2D eigenvalue weighted by molar-refractivity contribution is -0.119. The van der Waals surface area contributed by atoms with Crippen LogP contribution in [0.3, 0.4) is 0 Å². The van der Waals surface area contributed by atoms with Crippen LogP contribution in [0.2, 0.25) is 0 Å². The van der Waals surface area contributed by atoms with E-state index < -0.39 is 6.10 Å². The number of aryl methyl sites for hydroxylation is 1. The van der Waals surface area contributed by atoms with E-state index >= 15 is 0 Å². The molecule has 0 saturated carbocycles. The lowest BCUT2D eigenvalue weighted by atomic mass is 9.93. The Morgan fingerprint density at radius 2 is 2.14 bits per heavy atom. The molecule has 1 heterocycles. The largest absolute Gasteiger partial charge is 0.387 e. The number of halogens is 1. The van der Waals surface area contributed by atoms with Crippen molar-refractivity contribution < 1.29 is 14.3 Å². The van der Waals surface area contributed by atoms with Crippen molar-refractivity contribution in [3.05, 3.63) is 35.1 Å². The summed E-state index contributed by atoms with van der Waals surface area (Å²) in [6.07, 6.45) is 1.70. The molecule has 116 valence electrons. The van der Waals surface area contributed by atoms with Crippen LogP contribution in [0, 0.1) is 18.7 Å². The maximum absolute atomic E-state index is 13.1. The zero-order valence-electron chi connectivity index (χ0n) is 12.4. The highest BCUT2D eigenvalue weighted by Gasteiger charge is 2.23. The minimum atomic E-state index is -0.613. The summed E-state index contributed by atoms with van der Waals surface area (Å²) in [4.78, 5) is 13.1. The van der Waals surface area contributed by atoms with Gasteiger partial charge in [-0.15, -0.1) is 0 Å². The molecule has 21 heavy (non-hydrogen) atoms. The standard InChI is InChI=1S/C16H23FN2O2/c1-11-8-13(17)2-3-14(11)15(20)10-19-6-4-12(5-7-19)9-16(18)21/h2-3,8,12,15,20H,4-7,9-10H2,1H3,(H2,18,21). The Hall–Kier alpha value is -1.46. The van der Waals surface area contributed by atoms with Gasteiger partial charge < -0.3 is 15.7 Å². The summed E-state index contributed by atoms with van der Waals surface area (Å²) in [6.45, 7) is 4.06. The second-order valence-electron chi connectivity index (χ2n) is 5.93. The number of nitrogens with two attached hydrogens (primary N) is 1. The first kappa shape index (κ1) is 15.9. The van der Waals surface area contributed by atoms with Crippen LogP contribution in [0.5, 0.6) is 0 Å². The number of hydrogen-bond acceptors (Lipinski definition) is 3. The number of rotatable bonds is 5. The highest BCUT2D eigenvalue weighted by atomic mass is 19.1. The fourth-order valence-electron chi connectivity index (χ4n) is 3.01. The summed E-state index contributed by atoms with van der Waals surface area (Å²) in [5.41, 5.74) is 6.76. The Balaban J connectivity index is 1.86. The molecule has 4 nitrogen and oxygen atoms in total. The van der Waals surface area contributed by atoms with Crippen LogP contribution in [0.15, 0.2) is 18.2 Å². The lowest BCUT2D eigenvalue weighted by Gasteiger charge is -2.33. The minimum Gasteiger partial charge on any atom is -0.387 e. The van der Waals surface area contributed by atoms with E-state index in [1.54, 1.807) is 13.0 Å². The minimum absolute atomic E-state index is 0.240. The maximum Gasteiger partial charge on any atom is 0.217 e. The van der Waals surface area contributed by atoms with Crippen molar-refractivity contribution in [2.45, 2.75) is 32.3 Å². The van der Waals surface area contributed by atoms with Crippen LogP contribution in [0.1, 0.15) is 36.5 Å². The van der Waals surface area contributed by atoms with E-state index in [-0.39, 0.29) is 11.7 Å². The first-order chi connectivity index (χ1) is 9.95. The average Bonchev–Trinajstić information content (AvgIpc) is 2.40. The predicted molar refractivity (Wildman–Crippen MR) is 79.1 cm³/mol. The van der Waals surface area contributed by atoms with E-state index in [0.717, 1.165) is 37.1 Å². The fourth-order valence-corrected chi connectivity index (χ4v) is 3.01. The molecule has 0 aromatic heterocycles. The predicted octanol–water partition coefficient (Wildman–Crippen LogP) is 1.75. The third-order valence-corrected chi connectivity index (χ3v) is 4.22. The molecule has 1 aliphatic rings. The number of hydrogen-bond donors (Lipinski definition) is 2. The van der Waals surface area contributed by atoms with Gasteiger partial charge >= 0.3 is 0 Å². The zero-order valence-corrected chi connectivity index (χ0v) is 12.4. The van der Waals surface area contributed by atoms with Gasteiger partial charge in [0.25, 0.3) is 0 Å². The van der Waals surface area contributed by atoms with Crippen molar-refractivity contribution in [2.24, 2.45) is 11.7 Å². The molecular weight excluding hydrogens is 271 g/mol. The van der Waals surface area contributed by atoms with Crippen LogP contribution < -0.4 is 5.73 Å². The van der Waals surface area contributed by atoms with Crippen molar-refractivity contribution in [1.82, 2.24) is 4.90 Å². The third kappa shape index (κ3) is 4.51. The summed E-state index contributed by atoms with van der Waals surface area (Å²) in [5.74, 6) is -0.158. The highest BCUT2D eigenvalue weighted by Crippen LogP contribution is 2.24. The Morgan fingerprint density at radius 3 is 2.71 bits per heavy atom. The van der Waals surface area contributed by atoms with Crippen molar-refractivity contribution >= 4 is 5.91 Å². The fraction of sp³-hybridized carbons (Fsp3) is 0.562. The topological polar surface area (TPSA) is 66.6 Å². The molecule has 1 amide bonds. The zero-order chi connectivity index (χ0) is 15.4. The number of likely N-dealkylation sites (tertiary alicyclic amines) is 1. The van der Waals surface area contributed by atoms with Crippen molar-refractivity contribution in [1.29, 1.82) is 0 Å². The number of aliphatic hydroxyl groups is 1. The van der Waals surface area contributed by atoms with Gasteiger partial charge in [0.15, 0.2) is 0 Å². The Labute approximate surface area is 124 Å². The molecule has 1 aliphatic heterocycles. The lowest BCUT2D eigenvalue weighted by Crippen LogP contribution is -2.37. The van der Waals surface area contributed by atoms with Crippen molar-refractivity contribution in [3.63, 3.8) is 0 Å². The quantitative estimate of drug-likeness (QED) is 0.869. The second kappa shape index (κ2) is 7.00. The number of amides is 1. The molecular formula is C16H23FN2O2. The van der Waals surface area contributed by atoms with Crippen LogP contribution in [-0.4, -0.2) is 35.5 Å². The van der Waals surface area contributed by atoms with Gasteiger partial charge in [-0.25, -0.2) is 4.39 Å². The number of primary amides is 1. The van der Waals surface area contributed by atoms with Gasteiger partial charge in [-0.1, -0.05) is 6.07 Å². The molecule has 0 spiro atoms. The van der Waals surface area contributed by atoms with Crippen LogP contribution >= 0.6 is 0 Å². The SMILES string of the molecule is Cc1cc(F)ccc1C(O)CN1CCC(CC(N)=O)CC1. The first-order valence-electron chi connectivity index (χ1n) is 7.40. The molecule has 0 bridgehead atoms. The van der Waals surface area contributed by atoms with Gasteiger partial charge in [-0.3, -0.25) is 4.79 Å². The summed E-state index contributed by atoms with van der Waals surface area (Å²) in [5, 5.41) is 10.3. The molecule has 1 atom stereocenters. The Morgan fingerprint density at radius 1 is 1.48 bits per heavy atom. The van der Waals surface area contributed by atoms with E-state index in [9.17, 15) is 14.3 Å². The normalized spacial score (nSPS) is 18.6. The van der Waals surface area contributed by atoms with Gasteiger partial charge in [0.2, 0.25) is 5.91 Å². The summed E-state index contributed by atoms with van der Waals surface area (Å²) < 4.78 is 13.1. The van der Waals surface area contributed by atoms with E-state index in [2.05, 4.69) is 4.90 Å². The van der Waals surface area contributed by atoms with E-state index in [0.29, 0.717) is 18.9 Å². The molecule has 1 fully saturated rings. The highest BCUT2D eigenvalue weighted by molar-refractivity contribution is 5.73. The average molecular weight is 294 g/mol.